The smallest absolute Gasteiger partial charge is 0.316 e. The Bertz CT molecular complexity index is 796. The first-order valence-electron chi connectivity index (χ1n) is 8.83. The van der Waals surface area contributed by atoms with Crippen molar-refractivity contribution in [1.29, 1.82) is 10.5 Å². The minimum atomic E-state index is -1.38. The van der Waals surface area contributed by atoms with Gasteiger partial charge in [0.1, 0.15) is 5.60 Å². The monoisotopic (exact) mass is 336 g/mol. The average molecular weight is 336 g/mol. The summed E-state index contributed by atoms with van der Waals surface area (Å²) in [5.74, 6) is -0.319. The molecular formula is C20H20N2O3. The van der Waals surface area contributed by atoms with E-state index in [1.54, 1.807) is 6.92 Å². The summed E-state index contributed by atoms with van der Waals surface area (Å²) < 4.78 is 11.5. The normalized spacial score (nSPS) is 36.8. The number of ether oxygens (including phenoxy) is 2. The van der Waals surface area contributed by atoms with Crippen molar-refractivity contribution in [3.8, 4) is 12.1 Å². The van der Waals surface area contributed by atoms with Crippen molar-refractivity contribution < 1.29 is 14.3 Å². The number of rotatable bonds is 2. The lowest BCUT2D eigenvalue weighted by molar-refractivity contribution is -0.154. The third-order valence-electron chi connectivity index (χ3n) is 6.01. The molecule has 2 aliphatic heterocycles. The van der Waals surface area contributed by atoms with Crippen LogP contribution in [0, 0.1) is 33.5 Å². The van der Waals surface area contributed by atoms with Gasteiger partial charge in [-0.05, 0) is 55.9 Å². The maximum Gasteiger partial charge on any atom is 0.316 e. The van der Waals surface area contributed by atoms with Crippen molar-refractivity contribution in [3.05, 3.63) is 35.5 Å². The molecule has 128 valence electrons. The molecule has 0 saturated heterocycles. The molecule has 0 radical (unpaired) electrons. The van der Waals surface area contributed by atoms with Crippen LogP contribution in [-0.4, -0.2) is 24.3 Å². The molecule has 0 aromatic rings. The van der Waals surface area contributed by atoms with Crippen molar-refractivity contribution in [2.75, 3.05) is 6.61 Å². The highest BCUT2D eigenvalue weighted by Gasteiger charge is 2.62. The Morgan fingerprint density at radius 1 is 1.44 bits per heavy atom. The molecule has 0 aromatic heterocycles. The van der Waals surface area contributed by atoms with Gasteiger partial charge in [0, 0.05) is 6.42 Å². The molecule has 0 aromatic carbocycles. The van der Waals surface area contributed by atoms with Crippen molar-refractivity contribution in [2.24, 2.45) is 10.8 Å². The Hall–Kier alpha value is -2.37. The summed E-state index contributed by atoms with van der Waals surface area (Å²) in [6.45, 7) is 2.06. The molecule has 5 nitrogen and oxygen atoms in total. The minimum absolute atomic E-state index is 0.126. The maximum atomic E-state index is 13.1. The third kappa shape index (κ3) is 2.00. The zero-order chi connectivity index (χ0) is 17.7. The lowest BCUT2D eigenvalue weighted by atomic mass is 9.61. The molecule has 1 spiro atoms. The summed E-state index contributed by atoms with van der Waals surface area (Å²) in [5, 5.41) is 20.0. The van der Waals surface area contributed by atoms with Crippen LogP contribution in [0.4, 0.5) is 0 Å². The quantitative estimate of drug-likeness (QED) is 0.571. The van der Waals surface area contributed by atoms with E-state index in [-0.39, 0.29) is 25.1 Å². The number of carbonyl (C=O) groups is 1. The van der Waals surface area contributed by atoms with Crippen molar-refractivity contribution in [3.63, 3.8) is 0 Å². The summed E-state index contributed by atoms with van der Waals surface area (Å²) in [7, 11) is 0. The minimum Gasteiger partial charge on any atom is -0.465 e. The number of fused-ring (bicyclic) bond motifs is 2. The van der Waals surface area contributed by atoms with Crippen LogP contribution in [0.2, 0.25) is 0 Å². The Kier molecular flexibility index (Phi) is 3.42. The Balaban J connectivity index is 1.94. The van der Waals surface area contributed by atoms with E-state index in [1.807, 2.05) is 24.3 Å². The fraction of sp³-hybridized carbons (Fsp3) is 0.550. The number of hydrogen-bond donors (Lipinski definition) is 0. The predicted octanol–water partition coefficient (Wildman–Crippen LogP) is 3.11. The molecular weight excluding hydrogens is 316 g/mol. The van der Waals surface area contributed by atoms with E-state index >= 15 is 0 Å². The first kappa shape index (κ1) is 16.1. The Labute approximate surface area is 147 Å². The fourth-order valence-corrected chi connectivity index (χ4v) is 4.94. The van der Waals surface area contributed by atoms with Crippen LogP contribution in [-0.2, 0) is 14.3 Å². The summed E-state index contributed by atoms with van der Waals surface area (Å²) in [4.78, 5) is 13.1. The number of allylic oxidation sites excluding steroid dienone is 1. The van der Waals surface area contributed by atoms with Crippen LogP contribution in [0.25, 0.3) is 0 Å². The van der Waals surface area contributed by atoms with E-state index in [4.69, 9.17) is 9.47 Å². The standard InChI is InChI=1S/C20H20N2O3/c1-2-24-17(23)19-7-4-3-5-16(19)18(12-21,13-22)11-20-8-6-15(25-20)9-14(20)10-19/h5-6,8-9,15H,2-4,7,10-11H2,1H3/t15-,19+,20?/m1/s1. The van der Waals surface area contributed by atoms with Gasteiger partial charge in [0.25, 0.3) is 0 Å². The molecule has 25 heavy (non-hydrogen) atoms. The van der Waals surface area contributed by atoms with Gasteiger partial charge in [-0.25, -0.2) is 0 Å². The first-order chi connectivity index (χ1) is 12.0. The van der Waals surface area contributed by atoms with Gasteiger partial charge in [0.05, 0.1) is 30.3 Å². The van der Waals surface area contributed by atoms with E-state index in [0.717, 1.165) is 18.4 Å². The van der Waals surface area contributed by atoms with E-state index in [2.05, 4.69) is 12.1 Å². The third-order valence-corrected chi connectivity index (χ3v) is 6.01. The second-order valence-electron chi connectivity index (χ2n) is 7.32. The fourth-order valence-electron chi connectivity index (χ4n) is 4.94. The van der Waals surface area contributed by atoms with Gasteiger partial charge in [0.2, 0.25) is 0 Å². The summed E-state index contributed by atoms with van der Waals surface area (Å²) in [6, 6.07) is 4.48. The largest absolute Gasteiger partial charge is 0.465 e. The molecule has 2 bridgehead atoms. The highest BCUT2D eigenvalue weighted by Crippen LogP contribution is 2.61. The molecule has 4 aliphatic rings. The first-order valence-corrected chi connectivity index (χ1v) is 8.83. The molecule has 5 heteroatoms. The lowest BCUT2D eigenvalue weighted by Crippen LogP contribution is -2.42. The second kappa shape index (κ2) is 5.31. The highest BCUT2D eigenvalue weighted by molar-refractivity contribution is 5.83. The van der Waals surface area contributed by atoms with E-state index in [0.29, 0.717) is 18.4 Å². The lowest BCUT2D eigenvalue weighted by Gasteiger charge is -2.39. The molecule has 0 N–H and O–H groups in total. The number of nitrogens with zero attached hydrogens (tertiary/aromatic N) is 2. The summed E-state index contributed by atoms with van der Waals surface area (Å²) in [6.07, 6.45) is 10.7. The molecule has 4 rings (SSSR count). The topological polar surface area (TPSA) is 83.1 Å². The van der Waals surface area contributed by atoms with Crippen LogP contribution in [0.15, 0.2) is 35.5 Å². The zero-order valence-electron chi connectivity index (χ0n) is 14.2. The molecule has 1 unspecified atom stereocenters. The Morgan fingerprint density at radius 2 is 2.24 bits per heavy atom. The van der Waals surface area contributed by atoms with Crippen molar-refractivity contribution in [1.82, 2.24) is 0 Å². The molecule has 3 atom stereocenters. The maximum absolute atomic E-state index is 13.1. The van der Waals surface area contributed by atoms with E-state index in [1.165, 1.54) is 0 Å². The number of carbonyl (C=O) groups excluding carboxylic acids is 1. The van der Waals surface area contributed by atoms with Gasteiger partial charge < -0.3 is 9.47 Å². The van der Waals surface area contributed by atoms with Gasteiger partial charge in [-0.1, -0.05) is 12.2 Å². The van der Waals surface area contributed by atoms with Crippen LogP contribution in [0.3, 0.4) is 0 Å². The highest BCUT2D eigenvalue weighted by atomic mass is 16.5. The Morgan fingerprint density at radius 3 is 2.92 bits per heavy atom. The van der Waals surface area contributed by atoms with Crippen LogP contribution >= 0.6 is 0 Å². The van der Waals surface area contributed by atoms with E-state index < -0.39 is 16.4 Å². The van der Waals surface area contributed by atoms with Gasteiger partial charge in [-0.2, -0.15) is 10.5 Å². The number of hydrogen-bond acceptors (Lipinski definition) is 5. The van der Waals surface area contributed by atoms with Gasteiger partial charge in [0.15, 0.2) is 5.41 Å². The molecule has 2 heterocycles. The molecule has 1 fully saturated rings. The van der Waals surface area contributed by atoms with Crippen molar-refractivity contribution in [2.45, 2.75) is 50.7 Å². The van der Waals surface area contributed by atoms with Crippen LogP contribution in [0.1, 0.15) is 39.0 Å². The molecule has 0 amide bonds. The number of esters is 1. The number of nitriles is 2. The second-order valence-corrected chi connectivity index (χ2v) is 7.32. The average Bonchev–Trinajstić information content (AvgIpc) is 3.14. The van der Waals surface area contributed by atoms with E-state index in [9.17, 15) is 15.3 Å². The van der Waals surface area contributed by atoms with Gasteiger partial charge in [-0.3, -0.25) is 4.79 Å². The van der Waals surface area contributed by atoms with Gasteiger partial charge in [-0.15, -0.1) is 0 Å². The van der Waals surface area contributed by atoms with Crippen LogP contribution < -0.4 is 0 Å². The van der Waals surface area contributed by atoms with Crippen LogP contribution in [0.5, 0.6) is 0 Å². The van der Waals surface area contributed by atoms with Gasteiger partial charge >= 0.3 is 5.97 Å². The predicted molar refractivity (Wildman–Crippen MR) is 88.7 cm³/mol. The summed E-state index contributed by atoms with van der Waals surface area (Å²) in [5.41, 5.74) is -1.43. The molecule has 1 saturated carbocycles. The summed E-state index contributed by atoms with van der Waals surface area (Å²) >= 11 is 0. The SMILES string of the molecule is CCOC(=O)[C@]12CCCC=C1C(C#N)(C#N)CC13C=C[C@H](C=C1C2)O3. The zero-order valence-corrected chi connectivity index (χ0v) is 14.2. The van der Waals surface area contributed by atoms with Crippen molar-refractivity contribution >= 4 is 5.97 Å². The molecule has 2 aliphatic carbocycles.